The van der Waals surface area contributed by atoms with E-state index < -0.39 is 0 Å². The molecule has 1 aliphatic heterocycles. The molecule has 1 saturated heterocycles. The van der Waals surface area contributed by atoms with Gasteiger partial charge in [0.1, 0.15) is 0 Å². The Labute approximate surface area is 162 Å². The molecular weight excluding hydrogens is 422 g/mol. The summed E-state index contributed by atoms with van der Waals surface area (Å²) in [6.07, 6.45) is 4.56. The molecule has 8 heteroatoms. The number of halogens is 2. The van der Waals surface area contributed by atoms with E-state index in [0.717, 1.165) is 4.47 Å². The summed E-state index contributed by atoms with van der Waals surface area (Å²) in [5, 5.41) is 0.557. The van der Waals surface area contributed by atoms with Crippen LogP contribution in [0, 0.1) is 0 Å². The number of likely N-dealkylation sites (tertiary alicyclic amines) is 1. The third kappa shape index (κ3) is 3.17. The fourth-order valence-corrected chi connectivity index (χ4v) is 3.92. The number of rotatable bonds is 2. The van der Waals surface area contributed by atoms with Crippen molar-refractivity contribution in [1.29, 1.82) is 0 Å². The molecule has 0 N–H and O–H groups in total. The number of benzene rings is 1. The summed E-state index contributed by atoms with van der Waals surface area (Å²) < 4.78 is 7.75. The van der Waals surface area contributed by atoms with Gasteiger partial charge >= 0.3 is 5.76 Å². The second-order valence-corrected chi connectivity index (χ2v) is 7.62. The number of hydrogen-bond acceptors (Lipinski definition) is 4. The molecule has 3 heterocycles. The lowest BCUT2D eigenvalue weighted by Crippen LogP contribution is -2.40. The Balaban J connectivity index is 1.54. The molecule has 1 amide bonds. The normalized spacial score (nSPS) is 15.5. The lowest BCUT2D eigenvalue weighted by molar-refractivity contribution is 0.0693. The number of aromatic nitrogens is 2. The molecule has 0 aliphatic carbocycles. The molecular formula is C18H15BrClN3O3. The second kappa shape index (κ2) is 6.89. The smallest absolute Gasteiger partial charge is 0.408 e. The van der Waals surface area contributed by atoms with Crippen molar-refractivity contribution < 1.29 is 9.21 Å². The Kier molecular flexibility index (Phi) is 4.58. The maximum atomic E-state index is 12.6. The monoisotopic (exact) mass is 435 g/mol. The van der Waals surface area contributed by atoms with Crippen molar-refractivity contribution in [2.24, 2.45) is 0 Å². The largest absolute Gasteiger partial charge is 0.420 e. The molecule has 0 bridgehead atoms. The van der Waals surface area contributed by atoms with Crippen LogP contribution in [0.4, 0.5) is 0 Å². The molecule has 0 saturated carbocycles. The first kappa shape index (κ1) is 17.3. The SMILES string of the molecule is O=C(c1cncc(Br)c1)N1CCC(n2c(=O)oc3ccc(Cl)cc32)CC1. The van der Waals surface area contributed by atoms with Crippen LogP contribution in [0.5, 0.6) is 0 Å². The summed E-state index contributed by atoms with van der Waals surface area (Å²) in [5.74, 6) is -0.437. The maximum Gasteiger partial charge on any atom is 0.420 e. The van der Waals surface area contributed by atoms with Crippen LogP contribution < -0.4 is 5.76 Å². The standard InChI is InChI=1S/C18H15BrClN3O3/c19-12-7-11(9-21-10-12)17(24)22-5-3-14(4-6-22)23-15-8-13(20)1-2-16(15)26-18(23)25/h1-2,7-10,14H,3-6H2. The van der Waals surface area contributed by atoms with Gasteiger partial charge in [-0.15, -0.1) is 0 Å². The minimum Gasteiger partial charge on any atom is -0.408 e. The van der Waals surface area contributed by atoms with Crippen molar-refractivity contribution in [2.45, 2.75) is 18.9 Å². The quantitative estimate of drug-likeness (QED) is 0.611. The topological polar surface area (TPSA) is 68.3 Å². The highest BCUT2D eigenvalue weighted by molar-refractivity contribution is 9.10. The number of fused-ring (bicyclic) bond motifs is 1. The van der Waals surface area contributed by atoms with Gasteiger partial charge in [0.05, 0.1) is 11.1 Å². The first-order chi connectivity index (χ1) is 12.5. The third-order valence-electron chi connectivity index (χ3n) is 4.64. The third-order valence-corrected chi connectivity index (χ3v) is 5.31. The number of amides is 1. The highest BCUT2D eigenvalue weighted by Gasteiger charge is 2.27. The van der Waals surface area contributed by atoms with Crippen molar-refractivity contribution in [1.82, 2.24) is 14.5 Å². The summed E-state index contributed by atoms with van der Waals surface area (Å²) in [6, 6.07) is 6.88. The number of oxazole rings is 1. The van der Waals surface area contributed by atoms with Crippen LogP contribution in [0.3, 0.4) is 0 Å². The van der Waals surface area contributed by atoms with Crippen LogP contribution in [0.25, 0.3) is 11.1 Å². The Hall–Kier alpha value is -2.12. The van der Waals surface area contributed by atoms with Gasteiger partial charge in [0.25, 0.3) is 5.91 Å². The van der Waals surface area contributed by atoms with Crippen LogP contribution in [0.15, 0.2) is 50.3 Å². The molecule has 2 aromatic heterocycles. The van der Waals surface area contributed by atoms with Crippen LogP contribution in [-0.2, 0) is 0 Å². The van der Waals surface area contributed by atoms with E-state index in [1.165, 1.54) is 0 Å². The van der Waals surface area contributed by atoms with Crippen LogP contribution in [-0.4, -0.2) is 33.4 Å². The highest BCUT2D eigenvalue weighted by atomic mass is 79.9. The van der Waals surface area contributed by atoms with Crippen LogP contribution >= 0.6 is 27.5 Å². The van der Waals surface area contributed by atoms with Crippen molar-refractivity contribution in [3.8, 4) is 0 Å². The van der Waals surface area contributed by atoms with Gasteiger partial charge in [-0.1, -0.05) is 11.6 Å². The van der Waals surface area contributed by atoms with E-state index in [9.17, 15) is 9.59 Å². The number of carbonyl (C=O) groups excluding carboxylic acids is 1. The molecule has 1 fully saturated rings. The predicted octanol–water partition coefficient (Wildman–Crippen LogP) is 3.88. The molecule has 0 unspecified atom stereocenters. The van der Waals surface area contributed by atoms with Gasteiger partial charge < -0.3 is 9.32 Å². The minimum absolute atomic E-state index is 0.0214. The van der Waals surface area contributed by atoms with Gasteiger partial charge in [0.2, 0.25) is 0 Å². The fourth-order valence-electron chi connectivity index (χ4n) is 3.39. The van der Waals surface area contributed by atoms with Gasteiger partial charge in [0.15, 0.2) is 5.58 Å². The Bertz CT molecular complexity index is 1040. The molecule has 1 aromatic carbocycles. The Morgan fingerprint density at radius 3 is 2.73 bits per heavy atom. The summed E-state index contributed by atoms with van der Waals surface area (Å²) >= 11 is 9.40. The lowest BCUT2D eigenvalue weighted by Gasteiger charge is -2.32. The van der Waals surface area contributed by atoms with E-state index >= 15 is 0 Å². The average molecular weight is 437 g/mol. The van der Waals surface area contributed by atoms with E-state index in [0.29, 0.717) is 47.6 Å². The summed E-state index contributed by atoms with van der Waals surface area (Å²) in [6.45, 7) is 1.13. The molecule has 134 valence electrons. The van der Waals surface area contributed by atoms with Crippen molar-refractivity contribution >= 4 is 44.5 Å². The van der Waals surface area contributed by atoms with Gasteiger partial charge in [-0.05, 0) is 53.0 Å². The van der Waals surface area contributed by atoms with Crippen LogP contribution in [0.2, 0.25) is 5.02 Å². The Morgan fingerprint density at radius 2 is 2.00 bits per heavy atom. The second-order valence-electron chi connectivity index (χ2n) is 6.27. The van der Waals surface area contributed by atoms with Gasteiger partial charge in [-0.2, -0.15) is 0 Å². The highest BCUT2D eigenvalue weighted by Crippen LogP contribution is 2.28. The zero-order valence-electron chi connectivity index (χ0n) is 13.7. The van der Waals surface area contributed by atoms with Gasteiger partial charge in [0, 0.05) is 41.0 Å². The molecule has 0 radical (unpaired) electrons. The number of pyridine rings is 1. The zero-order chi connectivity index (χ0) is 18.3. The molecule has 26 heavy (non-hydrogen) atoms. The molecule has 4 rings (SSSR count). The van der Waals surface area contributed by atoms with Crippen molar-refractivity contribution in [3.63, 3.8) is 0 Å². The molecule has 6 nitrogen and oxygen atoms in total. The maximum absolute atomic E-state index is 12.6. The summed E-state index contributed by atoms with van der Waals surface area (Å²) in [4.78, 5) is 30.7. The molecule has 0 spiro atoms. The van der Waals surface area contributed by atoms with Gasteiger partial charge in [-0.25, -0.2) is 4.79 Å². The molecule has 1 aliphatic rings. The fraction of sp³-hybridized carbons (Fsp3) is 0.278. The average Bonchev–Trinajstić information content (AvgIpc) is 2.96. The summed E-state index contributed by atoms with van der Waals surface area (Å²) in [5.41, 5.74) is 1.78. The van der Waals surface area contributed by atoms with E-state index in [-0.39, 0.29) is 17.7 Å². The van der Waals surface area contributed by atoms with E-state index in [1.807, 2.05) is 0 Å². The van der Waals surface area contributed by atoms with E-state index in [2.05, 4.69) is 20.9 Å². The number of piperidine rings is 1. The first-order valence-electron chi connectivity index (χ1n) is 8.23. The van der Waals surface area contributed by atoms with E-state index in [4.69, 9.17) is 16.0 Å². The molecule has 0 atom stereocenters. The molecule has 3 aromatic rings. The van der Waals surface area contributed by atoms with Crippen molar-refractivity contribution in [3.05, 3.63) is 62.3 Å². The van der Waals surface area contributed by atoms with Gasteiger partial charge in [-0.3, -0.25) is 14.3 Å². The number of nitrogens with zero attached hydrogens (tertiary/aromatic N) is 3. The zero-order valence-corrected chi connectivity index (χ0v) is 16.0. The van der Waals surface area contributed by atoms with E-state index in [1.54, 1.807) is 46.1 Å². The summed E-state index contributed by atoms with van der Waals surface area (Å²) in [7, 11) is 0. The Morgan fingerprint density at radius 1 is 1.23 bits per heavy atom. The van der Waals surface area contributed by atoms with Crippen LogP contribution in [0.1, 0.15) is 29.2 Å². The number of hydrogen-bond donors (Lipinski definition) is 0. The first-order valence-corrected chi connectivity index (χ1v) is 9.40. The minimum atomic E-state index is -0.386. The predicted molar refractivity (Wildman–Crippen MR) is 102 cm³/mol. The van der Waals surface area contributed by atoms with Crippen molar-refractivity contribution in [2.75, 3.05) is 13.1 Å². The number of carbonyl (C=O) groups is 1. The lowest BCUT2D eigenvalue weighted by atomic mass is 10.0.